The van der Waals surface area contributed by atoms with E-state index in [0.717, 1.165) is 54.3 Å². The van der Waals surface area contributed by atoms with Crippen molar-refractivity contribution in [2.45, 2.75) is 112 Å². The van der Waals surface area contributed by atoms with Gasteiger partial charge in [-0.15, -0.1) is 0 Å². The van der Waals surface area contributed by atoms with Gasteiger partial charge in [0.05, 0.1) is 6.10 Å². The average molecular weight is 417 g/mol. The minimum absolute atomic E-state index is 0.0275. The van der Waals surface area contributed by atoms with E-state index in [1.165, 1.54) is 51.4 Å². The molecule has 0 aromatic rings. The van der Waals surface area contributed by atoms with Crippen molar-refractivity contribution in [3.63, 3.8) is 0 Å². The first kappa shape index (κ1) is 22.8. The summed E-state index contributed by atoms with van der Waals surface area (Å²) in [6.07, 6.45) is 15.7. The third kappa shape index (κ3) is 3.72. The van der Waals surface area contributed by atoms with Gasteiger partial charge in [0.25, 0.3) is 0 Å². The molecule has 2 nitrogen and oxygen atoms in total. The van der Waals surface area contributed by atoms with Crippen molar-refractivity contribution in [1.29, 1.82) is 0 Å². The highest BCUT2D eigenvalue weighted by Crippen LogP contribution is 2.67. The summed E-state index contributed by atoms with van der Waals surface area (Å²) in [6.45, 7) is 15.0. The number of allylic oxidation sites excluding steroid dienone is 1. The molecule has 4 aliphatic rings. The summed E-state index contributed by atoms with van der Waals surface area (Å²) >= 11 is 0. The lowest BCUT2D eigenvalue weighted by molar-refractivity contribution is -0.284. The Bertz CT molecular complexity index is 639. The first-order valence-electron chi connectivity index (χ1n) is 13.2. The largest absolute Gasteiger partial charge is 0.252 e. The topological polar surface area (TPSA) is 29.5 Å². The fourth-order valence-corrected chi connectivity index (χ4v) is 8.75. The molecule has 0 bridgehead atoms. The summed E-state index contributed by atoms with van der Waals surface area (Å²) in [7, 11) is 0. The molecule has 1 N–H and O–H groups in total. The van der Waals surface area contributed by atoms with Crippen molar-refractivity contribution in [3.8, 4) is 0 Å². The van der Waals surface area contributed by atoms with E-state index in [-0.39, 0.29) is 6.10 Å². The van der Waals surface area contributed by atoms with Crippen LogP contribution in [0.3, 0.4) is 0 Å². The van der Waals surface area contributed by atoms with Crippen molar-refractivity contribution < 1.29 is 10.1 Å². The van der Waals surface area contributed by atoms with Crippen LogP contribution in [0.5, 0.6) is 0 Å². The molecule has 3 saturated carbocycles. The molecule has 3 fully saturated rings. The number of fused-ring (bicyclic) bond motifs is 5. The van der Waals surface area contributed by atoms with Crippen LogP contribution < -0.4 is 0 Å². The predicted molar refractivity (Wildman–Crippen MR) is 125 cm³/mol. The summed E-state index contributed by atoms with van der Waals surface area (Å²) in [4.78, 5) is 4.76. The van der Waals surface area contributed by atoms with Crippen LogP contribution in [0.25, 0.3) is 0 Å². The Kier molecular flexibility index (Phi) is 6.50. The maximum absolute atomic E-state index is 9.22. The van der Waals surface area contributed by atoms with Gasteiger partial charge in [-0.3, -0.25) is 5.26 Å². The smallest absolute Gasteiger partial charge is 0.0964 e. The third-order valence-corrected chi connectivity index (χ3v) is 11.2. The zero-order valence-corrected chi connectivity index (χ0v) is 20.6. The third-order valence-electron chi connectivity index (χ3n) is 11.2. The van der Waals surface area contributed by atoms with E-state index in [9.17, 15) is 5.26 Å². The van der Waals surface area contributed by atoms with Gasteiger partial charge in [0, 0.05) is 0 Å². The fraction of sp³-hybridized carbons (Fsp3) is 0.929. The molecular weight excluding hydrogens is 368 g/mol. The first-order chi connectivity index (χ1) is 14.2. The van der Waals surface area contributed by atoms with Gasteiger partial charge in [-0.05, 0) is 104 Å². The molecule has 0 heterocycles. The summed E-state index contributed by atoms with van der Waals surface area (Å²) in [5.41, 5.74) is 2.52. The summed E-state index contributed by atoms with van der Waals surface area (Å²) in [5.74, 6) is 6.14. The van der Waals surface area contributed by atoms with Crippen LogP contribution in [0.4, 0.5) is 0 Å². The van der Waals surface area contributed by atoms with E-state index in [4.69, 9.17) is 4.89 Å². The molecule has 0 amide bonds. The average Bonchev–Trinajstić information content (AvgIpc) is 3.08. The molecule has 0 aromatic carbocycles. The highest BCUT2D eigenvalue weighted by Gasteiger charge is 2.59. The minimum Gasteiger partial charge on any atom is -0.252 e. The normalized spacial score (nSPS) is 45.3. The summed E-state index contributed by atoms with van der Waals surface area (Å²) < 4.78 is 0. The van der Waals surface area contributed by atoms with E-state index < -0.39 is 0 Å². The second-order valence-corrected chi connectivity index (χ2v) is 12.7. The van der Waals surface area contributed by atoms with Crippen molar-refractivity contribution in [1.82, 2.24) is 0 Å². The zero-order chi connectivity index (χ0) is 21.7. The first-order valence-corrected chi connectivity index (χ1v) is 13.2. The Hall–Kier alpha value is -0.340. The molecule has 0 unspecified atom stereocenters. The second kappa shape index (κ2) is 8.54. The van der Waals surface area contributed by atoms with Crippen LogP contribution in [0.1, 0.15) is 106 Å². The second-order valence-electron chi connectivity index (χ2n) is 12.7. The molecule has 4 aliphatic carbocycles. The summed E-state index contributed by atoms with van der Waals surface area (Å²) in [6, 6.07) is 0. The monoisotopic (exact) mass is 416 g/mol. The molecule has 0 aromatic heterocycles. The van der Waals surface area contributed by atoms with E-state index in [1.807, 2.05) is 0 Å². The van der Waals surface area contributed by atoms with Crippen molar-refractivity contribution >= 4 is 0 Å². The summed E-state index contributed by atoms with van der Waals surface area (Å²) in [5, 5.41) is 9.22. The molecule has 4 rings (SSSR count). The molecule has 0 aliphatic heterocycles. The minimum atomic E-state index is 0.0275. The fourth-order valence-electron chi connectivity index (χ4n) is 8.75. The van der Waals surface area contributed by atoms with Crippen LogP contribution in [-0.2, 0) is 4.89 Å². The number of hydrogen-bond donors (Lipinski definition) is 1. The SMILES string of the molecule is CC(C)[C@H](C)CC[C@@H](C)[C@H]1CC[C@H]2[C@@H]3CC=C4C[C@@H](OO)CC[C@]4(C)[C@H]3CC[C@]12C. The molecule has 0 radical (unpaired) electrons. The van der Waals surface area contributed by atoms with Gasteiger partial charge < -0.3 is 0 Å². The number of hydrogen-bond acceptors (Lipinski definition) is 2. The van der Waals surface area contributed by atoms with Gasteiger partial charge in [0.1, 0.15) is 0 Å². The van der Waals surface area contributed by atoms with Gasteiger partial charge in [-0.2, -0.15) is 0 Å². The Morgan fingerprint density at radius 1 is 1.00 bits per heavy atom. The van der Waals surface area contributed by atoms with Gasteiger partial charge in [-0.25, -0.2) is 4.89 Å². The van der Waals surface area contributed by atoms with E-state index in [0.29, 0.717) is 10.8 Å². The molecule has 30 heavy (non-hydrogen) atoms. The Morgan fingerprint density at radius 2 is 1.77 bits per heavy atom. The van der Waals surface area contributed by atoms with Gasteiger partial charge in [-0.1, -0.05) is 66.0 Å². The highest BCUT2D eigenvalue weighted by molar-refractivity contribution is 5.25. The van der Waals surface area contributed by atoms with Crippen molar-refractivity contribution in [3.05, 3.63) is 11.6 Å². The maximum atomic E-state index is 9.22. The van der Waals surface area contributed by atoms with Crippen LogP contribution in [-0.4, -0.2) is 11.4 Å². The van der Waals surface area contributed by atoms with E-state index >= 15 is 0 Å². The Balaban J connectivity index is 1.48. The van der Waals surface area contributed by atoms with Crippen molar-refractivity contribution in [2.75, 3.05) is 0 Å². The van der Waals surface area contributed by atoms with Crippen LogP contribution in [0.15, 0.2) is 11.6 Å². The lowest BCUT2D eigenvalue weighted by Crippen LogP contribution is -2.51. The predicted octanol–water partition coefficient (Wildman–Crippen LogP) is 8.13. The van der Waals surface area contributed by atoms with Gasteiger partial charge in [0.2, 0.25) is 0 Å². The molecule has 9 atom stereocenters. The molecule has 0 spiro atoms. The quantitative estimate of drug-likeness (QED) is 0.269. The molecule has 2 heteroatoms. The molecular formula is C28H48O2. The lowest BCUT2D eigenvalue weighted by Gasteiger charge is -2.58. The van der Waals surface area contributed by atoms with Crippen molar-refractivity contribution in [2.24, 2.45) is 52.3 Å². The van der Waals surface area contributed by atoms with E-state index in [2.05, 4.69) is 47.6 Å². The Morgan fingerprint density at radius 3 is 2.47 bits per heavy atom. The highest BCUT2D eigenvalue weighted by atomic mass is 17.1. The van der Waals surface area contributed by atoms with Crippen LogP contribution in [0, 0.1) is 52.3 Å². The maximum Gasteiger partial charge on any atom is 0.0964 e. The Labute approximate surface area is 186 Å². The van der Waals surface area contributed by atoms with Gasteiger partial charge in [0.15, 0.2) is 0 Å². The zero-order valence-electron chi connectivity index (χ0n) is 20.6. The van der Waals surface area contributed by atoms with Gasteiger partial charge >= 0.3 is 0 Å². The van der Waals surface area contributed by atoms with Crippen LogP contribution >= 0.6 is 0 Å². The standard InChI is InChI=1S/C28H48O2/c1-18(2)19(3)7-8-20(4)24-11-12-25-23-10-9-21-17-22(30-29)13-15-27(21,5)26(23)14-16-28(24,25)6/h9,18-20,22-26,29H,7-8,10-17H2,1-6H3/t19-,20-,22+,23+,24-,25+,26+,27+,28-/m1/s1. The molecule has 172 valence electrons. The van der Waals surface area contributed by atoms with Crippen LogP contribution in [0.2, 0.25) is 0 Å². The van der Waals surface area contributed by atoms with E-state index in [1.54, 1.807) is 5.57 Å². The molecule has 0 saturated heterocycles. The number of rotatable bonds is 6. The lowest BCUT2D eigenvalue weighted by atomic mass is 9.47.